The zero-order valence-corrected chi connectivity index (χ0v) is 9.04. The number of benzene rings is 1. The van der Waals surface area contributed by atoms with Crippen molar-refractivity contribution >= 4 is 11.0 Å². The molecule has 1 aliphatic rings. The first-order chi connectivity index (χ1) is 7.08. The number of nitrogens with two attached hydrogens (primary N) is 1. The molecule has 0 fully saturated rings. The molecule has 3 nitrogen and oxygen atoms in total. The minimum atomic E-state index is 0.169. The normalized spacial score (nSPS) is 23.3. The van der Waals surface area contributed by atoms with Crippen LogP contribution in [0.15, 0.2) is 18.5 Å². The summed E-state index contributed by atoms with van der Waals surface area (Å²) in [7, 11) is 0. The number of aromatic amines is 1. The van der Waals surface area contributed by atoms with Crippen LogP contribution in [0.4, 0.5) is 0 Å². The Morgan fingerprint density at radius 2 is 2.27 bits per heavy atom. The van der Waals surface area contributed by atoms with E-state index < -0.39 is 0 Å². The summed E-state index contributed by atoms with van der Waals surface area (Å²) in [4.78, 5) is 7.42. The molecule has 0 saturated heterocycles. The summed E-state index contributed by atoms with van der Waals surface area (Å²) in [6.07, 6.45) is 2.76. The van der Waals surface area contributed by atoms with Gasteiger partial charge in [-0.05, 0) is 35.1 Å². The van der Waals surface area contributed by atoms with Crippen molar-refractivity contribution in [3.8, 4) is 0 Å². The molecular weight excluding hydrogens is 186 g/mol. The smallest absolute Gasteiger partial charge is 0.0931 e. The van der Waals surface area contributed by atoms with Crippen LogP contribution < -0.4 is 5.73 Å². The van der Waals surface area contributed by atoms with Gasteiger partial charge in [-0.3, -0.25) is 0 Å². The van der Waals surface area contributed by atoms with Crippen molar-refractivity contribution < 1.29 is 0 Å². The summed E-state index contributed by atoms with van der Waals surface area (Å²) in [6.45, 7) is 4.49. The van der Waals surface area contributed by atoms with E-state index in [1.54, 1.807) is 6.33 Å². The van der Waals surface area contributed by atoms with Gasteiger partial charge in [0, 0.05) is 6.04 Å². The predicted molar refractivity (Wildman–Crippen MR) is 60.7 cm³/mol. The summed E-state index contributed by atoms with van der Waals surface area (Å²) in [5.41, 5.74) is 11.1. The number of hydrogen-bond acceptors (Lipinski definition) is 2. The molecule has 1 aromatic heterocycles. The van der Waals surface area contributed by atoms with Crippen LogP contribution in [0.1, 0.15) is 37.4 Å². The average Bonchev–Trinajstić information content (AvgIpc) is 2.68. The number of nitrogens with one attached hydrogen (secondary N) is 1. The van der Waals surface area contributed by atoms with Crippen LogP contribution in [0, 0.1) is 0 Å². The molecule has 0 bridgehead atoms. The summed E-state index contributed by atoms with van der Waals surface area (Å²) in [6, 6.07) is 4.49. The van der Waals surface area contributed by atoms with E-state index in [0.717, 1.165) is 17.5 Å². The lowest BCUT2D eigenvalue weighted by Gasteiger charge is -2.18. The number of fused-ring (bicyclic) bond motifs is 2. The Morgan fingerprint density at radius 3 is 3.07 bits per heavy atom. The van der Waals surface area contributed by atoms with Gasteiger partial charge in [0.1, 0.15) is 0 Å². The number of H-pyrrole nitrogens is 1. The van der Waals surface area contributed by atoms with Gasteiger partial charge >= 0.3 is 0 Å². The van der Waals surface area contributed by atoms with Crippen LogP contribution in [0.25, 0.3) is 11.0 Å². The largest absolute Gasteiger partial charge is 0.345 e. The first-order valence-electron chi connectivity index (χ1n) is 5.31. The highest BCUT2D eigenvalue weighted by atomic mass is 14.9. The standard InChI is InChI=1S/C12H15N3/c1-12(2)5-9(13)7-3-10-11(4-8(7)12)15-6-14-10/h3-4,6,9H,5,13H2,1-2H3,(H,14,15)/t9-/m1/s1. The van der Waals surface area contributed by atoms with Crippen molar-refractivity contribution in [3.63, 3.8) is 0 Å². The minimum absolute atomic E-state index is 0.169. The highest BCUT2D eigenvalue weighted by molar-refractivity contribution is 5.77. The average molecular weight is 201 g/mol. The molecule has 15 heavy (non-hydrogen) atoms. The Bertz CT molecular complexity index is 525. The van der Waals surface area contributed by atoms with Crippen LogP contribution >= 0.6 is 0 Å². The van der Waals surface area contributed by atoms with E-state index in [-0.39, 0.29) is 11.5 Å². The molecule has 3 heteroatoms. The van der Waals surface area contributed by atoms with Crippen molar-refractivity contribution in [3.05, 3.63) is 29.6 Å². The predicted octanol–water partition coefficient (Wildman–Crippen LogP) is 2.24. The molecule has 1 aliphatic carbocycles. The third-order valence-electron chi connectivity index (χ3n) is 3.45. The maximum absolute atomic E-state index is 6.15. The SMILES string of the molecule is CC1(C)C[C@@H](N)c2cc3[nH]cnc3cc21. The Hall–Kier alpha value is -1.35. The quantitative estimate of drug-likeness (QED) is 0.686. The van der Waals surface area contributed by atoms with Crippen LogP contribution in [0.5, 0.6) is 0 Å². The third-order valence-corrected chi connectivity index (χ3v) is 3.45. The number of aromatic nitrogens is 2. The van der Waals surface area contributed by atoms with Crippen LogP contribution in [-0.2, 0) is 5.41 Å². The second-order valence-corrected chi connectivity index (χ2v) is 5.05. The second-order valence-electron chi connectivity index (χ2n) is 5.05. The molecule has 0 radical (unpaired) electrons. The second kappa shape index (κ2) is 2.61. The first-order valence-corrected chi connectivity index (χ1v) is 5.31. The number of rotatable bonds is 0. The van der Waals surface area contributed by atoms with Crippen molar-refractivity contribution in [1.82, 2.24) is 9.97 Å². The minimum Gasteiger partial charge on any atom is -0.345 e. The third kappa shape index (κ3) is 1.13. The Kier molecular flexibility index (Phi) is 1.55. The van der Waals surface area contributed by atoms with E-state index in [4.69, 9.17) is 5.73 Å². The molecule has 2 aromatic rings. The number of nitrogens with zero attached hydrogens (tertiary/aromatic N) is 1. The molecule has 0 unspecified atom stereocenters. The maximum atomic E-state index is 6.15. The van der Waals surface area contributed by atoms with Gasteiger partial charge in [0.25, 0.3) is 0 Å². The van der Waals surface area contributed by atoms with Gasteiger partial charge in [-0.15, -0.1) is 0 Å². The molecule has 78 valence electrons. The summed E-state index contributed by atoms with van der Waals surface area (Å²) in [5.74, 6) is 0. The van der Waals surface area contributed by atoms with E-state index >= 15 is 0 Å². The fourth-order valence-electron chi connectivity index (χ4n) is 2.66. The summed E-state index contributed by atoms with van der Waals surface area (Å²) < 4.78 is 0. The molecule has 0 saturated carbocycles. The van der Waals surface area contributed by atoms with Gasteiger partial charge < -0.3 is 10.7 Å². The number of hydrogen-bond donors (Lipinski definition) is 2. The van der Waals surface area contributed by atoms with Gasteiger partial charge in [-0.25, -0.2) is 4.98 Å². The monoisotopic (exact) mass is 201 g/mol. The van der Waals surface area contributed by atoms with E-state index in [9.17, 15) is 0 Å². The van der Waals surface area contributed by atoms with Gasteiger partial charge in [-0.1, -0.05) is 13.8 Å². The van der Waals surface area contributed by atoms with Crippen molar-refractivity contribution in [1.29, 1.82) is 0 Å². The highest BCUT2D eigenvalue weighted by Gasteiger charge is 2.35. The van der Waals surface area contributed by atoms with Gasteiger partial charge in [0.05, 0.1) is 17.4 Å². The van der Waals surface area contributed by atoms with Crippen molar-refractivity contribution in [2.45, 2.75) is 31.7 Å². The molecule has 1 heterocycles. The highest BCUT2D eigenvalue weighted by Crippen LogP contribution is 2.44. The molecule has 3 N–H and O–H groups in total. The first kappa shape index (κ1) is 8.92. The number of imidazole rings is 1. The molecule has 0 aliphatic heterocycles. The van der Waals surface area contributed by atoms with E-state index in [0.29, 0.717) is 0 Å². The maximum Gasteiger partial charge on any atom is 0.0931 e. The van der Waals surface area contributed by atoms with Gasteiger partial charge in [-0.2, -0.15) is 0 Å². The van der Waals surface area contributed by atoms with Crippen LogP contribution in [-0.4, -0.2) is 9.97 Å². The van der Waals surface area contributed by atoms with Crippen LogP contribution in [0.2, 0.25) is 0 Å². The fraction of sp³-hybridized carbons (Fsp3) is 0.417. The van der Waals surface area contributed by atoms with Crippen molar-refractivity contribution in [2.24, 2.45) is 5.73 Å². The molecule has 3 rings (SSSR count). The van der Waals surface area contributed by atoms with E-state index in [1.807, 2.05) is 0 Å². The molecule has 1 atom stereocenters. The Balaban J connectivity index is 2.34. The molecule has 1 aromatic carbocycles. The topological polar surface area (TPSA) is 54.7 Å². The zero-order chi connectivity index (χ0) is 10.6. The fourth-order valence-corrected chi connectivity index (χ4v) is 2.66. The van der Waals surface area contributed by atoms with E-state index in [2.05, 4.69) is 35.9 Å². The Labute approximate surface area is 88.7 Å². The van der Waals surface area contributed by atoms with Crippen LogP contribution in [0.3, 0.4) is 0 Å². The summed E-state index contributed by atoms with van der Waals surface area (Å²) >= 11 is 0. The zero-order valence-electron chi connectivity index (χ0n) is 9.04. The molecular formula is C12H15N3. The molecule has 0 spiro atoms. The lowest BCUT2D eigenvalue weighted by molar-refractivity contribution is 0.481. The van der Waals surface area contributed by atoms with Crippen molar-refractivity contribution in [2.75, 3.05) is 0 Å². The molecule has 0 amide bonds. The lowest BCUT2D eigenvalue weighted by atomic mass is 9.86. The van der Waals surface area contributed by atoms with Gasteiger partial charge in [0.2, 0.25) is 0 Å². The van der Waals surface area contributed by atoms with Gasteiger partial charge in [0.15, 0.2) is 0 Å². The van der Waals surface area contributed by atoms with E-state index in [1.165, 1.54) is 11.1 Å². The lowest BCUT2D eigenvalue weighted by Crippen LogP contribution is -2.14. The summed E-state index contributed by atoms with van der Waals surface area (Å²) in [5, 5.41) is 0. The Morgan fingerprint density at radius 1 is 1.47 bits per heavy atom.